The summed E-state index contributed by atoms with van der Waals surface area (Å²) in [6.45, 7) is 0.224. The van der Waals surface area contributed by atoms with E-state index in [4.69, 9.17) is 0 Å². The van der Waals surface area contributed by atoms with Crippen molar-refractivity contribution in [3.63, 3.8) is 0 Å². The molecule has 0 radical (unpaired) electrons. The molecule has 2 aromatic rings. The number of carbonyl (C=O) groups excluding carboxylic acids is 2. The van der Waals surface area contributed by atoms with Crippen molar-refractivity contribution in [2.75, 3.05) is 18.4 Å². The predicted molar refractivity (Wildman–Crippen MR) is 99.4 cm³/mol. The van der Waals surface area contributed by atoms with Gasteiger partial charge in [0.25, 0.3) is 0 Å². The van der Waals surface area contributed by atoms with E-state index in [1.807, 2.05) is 6.07 Å². The van der Waals surface area contributed by atoms with Crippen LogP contribution in [0.2, 0.25) is 0 Å². The monoisotopic (exact) mass is 397 g/mol. The summed E-state index contributed by atoms with van der Waals surface area (Å²) in [4.78, 5) is 28.3. The van der Waals surface area contributed by atoms with Gasteiger partial charge in [-0.05, 0) is 36.1 Å². The maximum absolute atomic E-state index is 14.1. The molecule has 29 heavy (non-hydrogen) atoms. The van der Waals surface area contributed by atoms with Gasteiger partial charge >= 0.3 is 6.03 Å². The summed E-state index contributed by atoms with van der Waals surface area (Å²) in [5.74, 6) is -1.95. The number of anilines is 1. The van der Waals surface area contributed by atoms with E-state index in [9.17, 15) is 18.4 Å². The maximum atomic E-state index is 14.1. The van der Waals surface area contributed by atoms with Gasteiger partial charge in [0.2, 0.25) is 5.91 Å². The number of likely N-dealkylation sites (tertiary alicyclic amines) is 1. The number of hydrogen-bond donors (Lipinski definition) is 1. The summed E-state index contributed by atoms with van der Waals surface area (Å²) >= 11 is 0. The van der Waals surface area contributed by atoms with Crippen LogP contribution in [-0.4, -0.2) is 51.1 Å². The lowest BCUT2D eigenvalue weighted by molar-refractivity contribution is -0.132. The first-order chi connectivity index (χ1) is 14.0. The van der Waals surface area contributed by atoms with E-state index < -0.39 is 17.7 Å². The number of nitrogens with one attached hydrogen (secondary N) is 1. The summed E-state index contributed by atoms with van der Waals surface area (Å²) in [7, 11) is 0. The van der Waals surface area contributed by atoms with Gasteiger partial charge in [0.1, 0.15) is 6.54 Å². The predicted octanol–water partition coefficient (Wildman–Crippen LogP) is 2.42. The minimum absolute atomic E-state index is 0.0452. The summed E-state index contributed by atoms with van der Waals surface area (Å²) in [6.07, 6.45) is 6.27. The van der Waals surface area contributed by atoms with Crippen LogP contribution in [0, 0.1) is 17.6 Å². The van der Waals surface area contributed by atoms with Gasteiger partial charge in [0.15, 0.2) is 11.6 Å². The van der Waals surface area contributed by atoms with Crippen molar-refractivity contribution in [3.8, 4) is 0 Å². The number of carbonyl (C=O) groups is 2. The van der Waals surface area contributed by atoms with Gasteiger partial charge < -0.3 is 15.1 Å². The molecular formula is C20H17F2N5O2. The Morgan fingerprint density at radius 2 is 2.10 bits per heavy atom. The molecule has 5 rings (SSSR count). The zero-order chi connectivity index (χ0) is 20.1. The lowest BCUT2D eigenvalue weighted by atomic mass is 10.0. The van der Waals surface area contributed by atoms with Crippen LogP contribution in [0.5, 0.6) is 0 Å². The van der Waals surface area contributed by atoms with Crippen molar-refractivity contribution in [1.82, 2.24) is 20.0 Å². The zero-order valence-corrected chi connectivity index (χ0v) is 15.3. The molecule has 2 bridgehead atoms. The molecule has 2 atom stereocenters. The molecule has 1 saturated heterocycles. The number of amides is 3. The lowest BCUT2D eigenvalue weighted by Gasteiger charge is -2.33. The topological polar surface area (TPSA) is 78.4 Å². The van der Waals surface area contributed by atoms with E-state index in [-0.39, 0.29) is 42.2 Å². The SMILES string of the molecule is O=C1Nc2ccc(F)c(F)c2CN1CC(=O)N1C[C@H]2C=C(c3ccnnc3)[C@@H]1C2. The first kappa shape index (κ1) is 17.7. The van der Waals surface area contributed by atoms with Crippen LogP contribution in [0.15, 0.2) is 36.7 Å². The van der Waals surface area contributed by atoms with E-state index in [0.717, 1.165) is 23.6 Å². The Bertz CT molecular complexity index is 1040. The summed E-state index contributed by atoms with van der Waals surface area (Å²) in [5, 5.41) is 10.2. The molecule has 1 fully saturated rings. The Kier molecular flexibility index (Phi) is 4.04. The van der Waals surface area contributed by atoms with E-state index >= 15 is 0 Å². The van der Waals surface area contributed by atoms with E-state index in [0.29, 0.717) is 6.54 Å². The molecule has 1 aliphatic carbocycles. The molecule has 1 N–H and O–H groups in total. The fraction of sp³-hybridized carbons (Fsp3) is 0.300. The first-order valence-corrected chi connectivity index (χ1v) is 9.32. The van der Waals surface area contributed by atoms with Crippen molar-refractivity contribution in [2.24, 2.45) is 5.92 Å². The largest absolute Gasteiger partial charge is 0.333 e. The Labute approximate surface area is 165 Å². The van der Waals surface area contributed by atoms with Crippen molar-refractivity contribution < 1.29 is 18.4 Å². The summed E-state index contributed by atoms with van der Waals surface area (Å²) < 4.78 is 27.7. The molecule has 1 aromatic heterocycles. The second-order valence-corrected chi connectivity index (χ2v) is 7.48. The quantitative estimate of drug-likeness (QED) is 0.863. The van der Waals surface area contributed by atoms with Crippen LogP contribution in [-0.2, 0) is 11.3 Å². The highest BCUT2D eigenvalue weighted by Crippen LogP contribution is 2.41. The highest BCUT2D eigenvalue weighted by atomic mass is 19.2. The van der Waals surface area contributed by atoms with Crippen LogP contribution >= 0.6 is 0 Å². The Morgan fingerprint density at radius 1 is 1.24 bits per heavy atom. The number of hydrogen-bond acceptors (Lipinski definition) is 4. The van der Waals surface area contributed by atoms with Gasteiger partial charge in [-0.15, -0.1) is 0 Å². The normalized spacial score (nSPS) is 22.4. The molecule has 148 valence electrons. The minimum Gasteiger partial charge on any atom is -0.333 e. The Hall–Kier alpha value is -3.36. The number of urea groups is 1. The van der Waals surface area contributed by atoms with Crippen LogP contribution in [0.4, 0.5) is 19.3 Å². The number of fused-ring (bicyclic) bond motifs is 3. The molecular weight excluding hydrogens is 380 g/mol. The Morgan fingerprint density at radius 3 is 2.86 bits per heavy atom. The third-order valence-electron chi connectivity index (χ3n) is 5.75. The van der Waals surface area contributed by atoms with Crippen LogP contribution in [0.1, 0.15) is 17.5 Å². The molecule has 9 heteroatoms. The van der Waals surface area contributed by atoms with Crippen molar-refractivity contribution in [2.45, 2.75) is 19.0 Å². The summed E-state index contributed by atoms with van der Waals surface area (Å²) in [6, 6.07) is 3.57. The highest BCUT2D eigenvalue weighted by Gasteiger charge is 2.42. The number of aromatic nitrogens is 2. The molecule has 7 nitrogen and oxygen atoms in total. The summed E-state index contributed by atoms with van der Waals surface area (Å²) in [5.41, 5.74) is 2.23. The zero-order valence-electron chi connectivity index (χ0n) is 15.3. The third-order valence-corrected chi connectivity index (χ3v) is 5.75. The average molecular weight is 397 g/mol. The molecule has 2 aliphatic heterocycles. The average Bonchev–Trinajstić information content (AvgIpc) is 3.34. The second kappa shape index (κ2) is 6.61. The van der Waals surface area contributed by atoms with Crippen LogP contribution in [0.3, 0.4) is 0 Å². The molecule has 0 unspecified atom stereocenters. The number of rotatable bonds is 3. The van der Waals surface area contributed by atoms with Gasteiger partial charge in [0.05, 0.1) is 30.7 Å². The van der Waals surface area contributed by atoms with Crippen molar-refractivity contribution >= 4 is 23.2 Å². The molecule has 0 saturated carbocycles. The van der Waals surface area contributed by atoms with Gasteiger partial charge in [-0.2, -0.15) is 10.2 Å². The number of benzene rings is 1. The van der Waals surface area contributed by atoms with Gasteiger partial charge in [0, 0.05) is 17.7 Å². The fourth-order valence-electron chi connectivity index (χ4n) is 4.38. The Balaban J connectivity index is 1.33. The highest BCUT2D eigenvalue weighted by molar-refractivity contribution is 5.95. The van der Waals surface area contributed by atoms with E-state index in [1.165, 1.54) is 11.0 Å². The number of halogens is 2. The molecule has 3 amide bonds. The van der Waals surface area contributed by atoms with Gasteiger partial charge in [-0.1, -0.05) is 6.08 Å². The van der Waals surface area contributed by atoms with Crippen molar-refractivity contribution in [1.29, 1.82) is 0 Å². The van der Waals surface area contributed by atoms with Gasteiger partial charge in [-0.25, -0.2) is 13.6 Å². The fourth-order valence-corrected chi connectivity index (χ4v) is 4.38. The molecule has 3 heterocycles. The molecule has 3 aliphatic rings. The molecule has 0 spiro atoms. The maximum Gasteiger partial charge on any atom is 0.322 e. The van der Waals surface area contributed by atoms with Crippen molar-refractivity contribution in [3.05, 3.63) is 59.4 Å². The van der Waals surface area contributed by atoms with Crippen LogP contribution in [0.25, 0.3) is 5.57 Å². The van der Waals surface area contributed by atoms with Gasteiger partial charge in [-0.3, -0.25) is 4.79 Å². The van der Waals surface area contributed by atoms with E-state index in [1.54, 1.807) is 17.3 Å². The third kappa shape index (κ3) is 2.93. The standard InChI is InChI=1S/C20H17F2N5O2/c21-15-1-2-16-14(19(15)22)9-26(20(29)25-16)10-18(28)27-8-11-5-13(17(27)6-11)12-3-4-23-24-7-12/h1-5,7,11,17H,6,8-10H2,(H,25,29)/t11-,17-/m0/s1. The van der Waals surface area contributed by atoms with Crippen LogP contribution < -0.4 is 5.32 Å². The van der Waals surface area contributed by atoms with E-state index in [2.05, 4.69) is 21.6 Å². The second-order valence-electron chi connectivity index (χ2n) is 7.48. The molecule has 1 aromatic carbocycles. The number of nitrogens with zero attached hydrogens (tertiary/aromatic N) is 4. The first-order valence-electron chi connectivity index (χ1n) is 9.32. The lowest BCUT2D eigenvalue weighted by Crippen LogP contribution is -2.48. The minimum atomic E-state index is -1.00. The smallest absolute Gasteiger partial charge is 0.322 e.